The normalized spacial score (nSPS) is 29.4. The van der Waals surface area contributed by atoms with Crippen molar-refractivity contribution in [2.45, 2.75) is 77.5 Å². The summed E-state index contributed by atoms with van der Waals surface area (Å²) in [4.78, 5) is 0. The molecule has 2 heteroatoms. The van der Waals surface area contributed by atoms with Gasteiger partial charge in [0.2, 0.25) is 0 Å². The van der Waals surface area contributed by atoms with Crippen LogP contribution in [-0.2, 0) is 0 Å². The molecule has 0 aliphatic heterocycles. The summed E-state index contributed by atoms with van der Waals surface area (Å²) in [5.74, 6) is 0.808. The number of hydrogen-bond donors (Lipinski definition) is 2. The molecule has 1 atom stereocenters. The third-order valence-electron chi connectivity index (χ3n) is 3.39. The van der Waals surface area contributed by atoms with Crippen molar-refractivity contribution in [1.29, 1.82) is 0 Å². The Labute approximate surface area is 94.5 Å². The molecule has 2 nitrogen and oxygen atoms in total. The van der Waals surface area contributed by atoms with Gasteiger partial charge in [-0.25, -0.2) is 0 Å². The van der Waals surface area contributed by atoms with Crippen molar-refractivity contribution in [3.8, 4) is 0 Å². The number of hydrogen-bond acceptors (Lipinski definition) is 2. The first-order valence-electron chi connectivity index (χ1n) is 6.52. The van der Waals surface area contributed by atoms with Crippen LogP contribution in [0.1, 0.15) is 59.3 Å². The van der Waals surface area contributed by atoms with Gasteiger partial charge in [0.25, 0.3) is 0 Å². The summed E-state index contributed by atoms with van der Waals surface area (Å²) in [6.07, 6.45) is 6.80. The topological polar surface area (TPSA) is 32.3 Å². The van der Waals surface area contributed by atoms with Crippen LogP contribution in [0, 0.1) is 5.92 Å². The van der Waals surface area contributed by atoms with E-state index in [2.05, 4.69) is 26.1 Å². The van der Waals surface area contributed by atoms with Gasteiger partial charge in [0.15, 0.2) is 0 Å². The smallest absolute Gasteiger partial charge is 0.0541 e. The van der Waals surface area contributed by atoms with Crippen molar-refractivity contribution in [1.82, 2.24) is 5.32 Å². The van der Waals surface area contributed by atoms with Crippen LogP contribution in [0.15, 0.2) is 0 Å². The van der Waals surface area contributed by atoms with E-state index in [9.17, 15) is 5.11 Å². The zero-order chi connectivity index (χ0) is 11.3. The number of nitrogens with one attached hydrogen (secondary N) is 1. The molecule has 0 radical (unpaired) electrons. The molecule has 1 saturated carbocycles. The van der Waals surface area contributed by atoms with Crippen molar-refractivity contribution in [3.05, 3.63) is 0 Å². The highest BCUT2D eigenvalue weighted by Crippen LogP contribution is 2.19. The average Bonchev–Trinajstić information content (AvgIpc) is 2.19. The lowest BCUT2D eigenvalue weighted by atomic mass is 9.92. The van der Waals surface area contributed by atoms with Gasteiger partial charge in [-0.2, -0.15) is 0 Å². The Kier molecular flexibility index (Phi) is 5.62. The van der Waals surface area contributed by atoms with Gasteiger partial charge in [0, 0.05) is 12.1 Å². The summed E-state index contributed by atoms with van der Waals surface area (Å²) in [5, 5.41) is 13.1. The van der Waals surface area contributed by atoms with Crippen LogP contribution in [0.3, 0.4) is 0 Å². The molecule has 1 aliphatic rings. The van der Waals surface area contributed by atoms with Crippen molar-refractivity contribution >= 4 is 0 Å². The van der Waals surface area contributed by atoms with E-state index in [-0.39, 0.29) is 6.10 Å². The summed E-state index contributed by atoms with van der Waals surface area (Å²) < 4.78 is 0. The average molecular weight is 213 g/mol. The quantitative estimate of drug-likeness (QED) is 0.736. The molecule has 1 rings (SSSR count). The number of aliphatic hydroxyl groups is 1. The minimum absolute atomic E-state index is 0.0333. The molecule has 1 fully saturated rings. The highest BCUT2D eigenvalue weighted by atomic mass is 16.3. The van der Waals surface area contributed by atoms with E-state index in [1.54, 1.807) is 0 Å². The lowest BCUT2D eigenvalue weighted by Gasteiger charge is -2.29. The standard InChI is InChI=1S/C13H27NO/c1-10(2)4-5-11(3)14-12-6-8-13(15)9-7-12/h10-15H,4-9H2,1-3H3/t11-,12?,13?/m1/s1. The third kappa shape index (κ3) is 5.53. The number of aliphatic hydroxyl groups excluding tert-OH is 1. The Bertz CT molecular complexity index is 162. The minimum atomic E-state index is -0.0333. The molecule has 0 aromatic carbocycles. The van der Waals surface area contributed by atoms with E-state index in [0.29, 0.717) is 12.1 Å². The van der Waals surface area contributed by atoms with Gasteiger partial charge in [-0.1, -0.05) is 13.8 Å². The van der Waals surface area contributed by atoms with Gasteiger partial charge in [0.05, 0.1) is 6.10 Å². The predicted octanol–water partition coefficient (Wildman–Crippen LogP) is 2.70. The predicted molar refractivity (Wildman–Crippen MR) is 64.9 cm³/mol. The molecule has 0 heterocycles. The van der Waals surface area contributed by atoms with Crippen LogP contribution in [0.4, 0.5) is 0 Å². The second-order valence-electron chi connectivity index (χ2n) is 5.54. The highest BCUT2D eigenvalue weighted by Gasteiger charge is 2.20. The van der Waals surface area contributed by atoms with E-state index in [4.69, 9.17) is 0 Å². The molecule has 15 heavy (non-hydrogen) atoms. The van der Waals surface area contributed by atoms with Gasteiger partial charge < -0.3 is 10.4 Å². The Morgan fingerprint density at radius 3 is 2.20 bits per heavy atom. The fourth-order valence-corrected chi connectivity index (χ4v) is 2.31. The molecule has 0 aromatic rings. The zero-order valence-electron chi connectivity index (χ0n) is 10.5. The van der Waals surface area contributed by atoms with E-state index < -0.39 is 0 Å². The summed E-state index contributed by atoms with van der Waals surface area (Å²) in [6, 6.07) is 1.28. The lowest BCUT2D eigenvalue weighted by molar-refractivity contribution is 0.114. The van der Waals surface area contributed by atoms with E-state index >= 15 is 0 Å². The van der Waals surface area contributed by atoms with E-state index in [1.165, 1.54) is 12.8 Å². The Morgan fingerprint density at radius 2 is 1.67 bits per heavy atom. The van der Waals surface area contributed by atoms with Crippen molar-refractivity contribution in [3.63, 3.8) is 0 Å². The maximum Gasteiger partial charge on any atom is 0.0541 e. The van der Waals surface area contributed by atoms with Crippen molar-refractivity contribution < 1.29 is 5.11 Å². The lowest BCUT2D eigenvalue weighted by Crippen LogP contribution is -2.40. The second kappa shape index (κ2) is 6.49. The van der Waals surface area contributed by atoms with Crippen molar-refractivity contribution in [2.24, 2.45) is 5.92 Å². The van der Waals surface area contributed by atoms with Gasteiger partial charge in [-0.3, -0.25) is 0 Å². The van der Waals surface area contributed by atoms with E-state index in [1.807, 2.05) is 0 Å². The van der Waals surface area contributed by atoms with Crippen LogP contribution in [-0.4, -0.2) is 23.3 Å². The molecular weight excluding hydrogens is 186 g/mol. The summed E-state index contributed by atoms with van der Waals surface area (Å²) >= 11 is 0. The summed E-state index contributed by atoms with van der Waals surface area (Å²) in [5.41, 5.74) is 0. The molecule has 0 bridgehead atoms. The fourth-order valence-electron chi connectivity index (χ4n) is 2.31. The monoisotopic (exact) mass is 213 g/mol. The third-order valence-corrected chi connectivity index (χ3v) is 3.39. The maximum absolute atomic E-state index is 9.41. The van der Waals surface area contributed by atoms with Gasteiger partial charge in [-0.15, -0.1) is 0 Å². The zero-order valence-corrected chi connectivity index (χ0v) is 10.5. The summed E-state index contributed by atoms with van der Waals surface area (Å²) in [7, 11) is 0. The first-order valence-corrected chi connectivity index (χ1v) is 6.52. The molecular formula is C13H27NO. The SMILES string of the molecule is CC(C)CC[C@@H](C)NC1CCC(O)CC1. The fraction of sp³-hybridized carbons (Fsp3) is 1.00. The minimum Gasteiger partial charge on any atom is -0.393 e. The second-order valence-corrected chi connectivity index (χ2v) is 5.54. The largest absolute Gasteiger partial charge is 0.393 e. The molecule has 0 unspecified atom stereocenters. The Hall–Kier alpha value is -0.0800. The number of rotatable bonds is 5. The first kappa shape index (κ1) is 13.0. The molecule has 0 spiro atoms. The van der Waals surface area contributed by atoms with Crippen molar-refractivity contribution in [2.75, 3.05) is 0 Å². The van der Waals surface area contributed by atoms with Crippen LogP contribution >= 0.6 is 0 Å². The molecule has 2 N–H and O–H groups in total. The van der Waals surface area contributed by atoms with Gasteiger partial charge in [0.1, 0.15) is 0 Å². The molecule has 90 valence electrons. The maximum atomic E-state index is 9.41. The molecule has 0 aromatic heterocycles. The van der Waals surface area contributed by atoms with Gasteiger partial charge in [-0.05, 0) is 51.4 Å². The molecule has 0 amide bonds. The van der Waals surface area contributed by atoms with Crippen LogP contribution < -0.4 is 5.32 Å². The van der Waals surface area contributed by atoms with Crippen LogP contribution in [0.25, 0.3) is 0 Å². The Balaban J connectivity index is 2.12. The van der Waals surface area contributed by atoms with Gasteiger partial charge >= 0.3 is 0 Å². The van der Waals surface area contributed by atoms with Crippen LogP contribution in [0.2, 0.25) is 0 Å². The molecule has 0 saturated heterocycles. The molecule has 1 aliphatic carbocycles. The van der Waals surface area contributed by atoms with Crippen LogP contribution in [0.5, 0.6) is 0 Å². The highest BCUT2D eigenvalue weighted by molar-refractivity contribution is 4.78. The Morgan fingerprint density at radius 1 is 1.07 bits per heavy atom. The summed E-state index contributed by atoms with van der Waals surface area (Å²) in [6.45, 7) is 6.85. The van der Waals surface area contributed by atoms with E-state index in [0.717, 1.165) is 31.6 Å². The first-order chi connectivity index (χ1) is 7.08.